The van der Waals surface area contributed by atoms with Crippen LogP contribution in [0, 0.1) is 13.8 Å². The van der Waals surface area contributed by atoms with Crippen LogP contribution in [0.4, 0.5) is 14.5 Å². The van der Waals surface area contributed by atoms with E-state index in [1.807, 2.05) is 26.0 Å². The number of esters is 1. The van der Waals surface area contributed by atoms with E-state index in [9.17, 15) is 23.2 Å². The molecule has 0 spiro atoms. The average Bonchev–Trinajstić information content (AvgIpc) is 2.78. The van der Waals surface area contributed by atoms with E-state index in [1.54, 1.807) is 6.07 Å². The van der Waals surface area contributed by atoms with Crippen LogP contribution in [0.5, 0.6) is 11.5 Å². The number of alkyl halides is 2. The molecule has 0 fully saturated rings. The third-order valence-corrected chi connectivity index (χ3v) is 4.49. The van der Waals surface area contributed by atoms with Gasteiger partial charge in [0.2, 0.25) is 5.91 Å². The van der Waals surface area contributed by atoms with E-state index < -0.39 is 31.0 Å². The van der Waals surface area contributed by atoms with Gasteiger partial charge >= 0.3 is 12.6 Å². The predicted molar refractivity (Wildman–Crippen MR) is 117 cm³/mol. The molecule has 176 valence electrons. The molecule has 0 aliphatic rings. The van der Waals surface area contributed by atoms with Crippen molar-refractivity contribution in [3.05, 3.63) is 59.2 Å². The second-order valence-electron chi connectivity index (χ2n) is 6.80. The molecule has 0 atom stereocenters. The molecule has 0 heterocycles. The van der Waals surface area contributed by atoms with Crippen molar-refractivity contribution >= 4 is 29.5 Å². The fraction of sp³-hybridized carbons (Fsp3) is 0.261. The Balaban J connectivity index is 1.78. The van der Waals surface area contributed by atoms with Gasteiger partial charge in [0.25, 0.3) is 5.91 Å². The van der Waals surface area contributed by atoms with E-state index in [4.69, 9.17) is 9.47 Å². The molecule has 0 aromatic heterocycles. The normalized spacial score (nSPS) is 10.7. The van der Waals surface area contributed by atoms with E-state index in [1.165, 1.54) is 31.4 Å². The Morgan fingerprint density at radius 3 is 2.52 bits per heavy atom. The number of halogens is 2. The number of ether oxygens (including phenoxy) is 3. The summed E-state index contributed by atoms with van der Waals surface area (Å²) in [5.74, 6) is -1.97. The van der Waals surface area contributed by atoms with E-state index in [2.05, 4.69) is 15.4 Å². The van der Waals surface area contributed by atoms with Gasteiger partial charge in [-0.05, 0) is 54.8 Å². The average molecular weight is 462 g/mol. The van der Waals surface area contributed by atoms with Crippen molar-refractivity contribution in [3.8, 4) is 11.5 Å². The van der Waals surface area contributed by atoms with Crippen LogP contribution in [-0.2, 0) is 19.1 Å². The molecule has 2 aromatic carbocycles. The zero-order chi connectivity index (χ0) is 24.4. The molecule has 33 heavy (non-hydrogen) atoms. The number of carbonyl (C=O) groups excluding carboxylic acids is 3. The highest BCUT2D eigenvalue weighted by atomic mass is 19.3. The van der Waals surface area contributed by atoms with Crippen LogP contribution < -0.4 is 20.1 Å². The number of rotatable bonds is 10. The number of nitrogens with one attached hydrogen (secondary N) is 2. The molecule has 2 aromatic rings. The van der Waals surface area contributed by atoms with Gasteiger partial charge in [-0.3, -0.25) is 9.59 Å². The molecular weight excluding hydrogens is 438 g/mol. The Hall–Kier alpha value is -3.95. The van der Waals surface area contributed by atoms with Gasteiger partial charge in [-0.2, -0.15) is 8.78 Å². The number of amides is 2. The molecule has 2 rings (SSSR count). The summed E-state index contributed by atoms with van der Waals surface area (Å²) in [5.41, 5.74) is 3.05. The van der Waals surface area contributed by atoms with Crippen molar-refractivity contribution < 1.29 is 37.4 Å². The zero-order valence-electron chi connectivity index (χ0n) is 18.3. The first kappa shape index (κ1) is 25.3. The van der Waals surface area contributed by atoms with Gasteiger partial charge in [-0.25, -0.2) is 4.79 Å². The zero-order valence-corrected chi connectivity index (χ0v) is 18.3. The summed E-state index contributed by atoms with van der Waals surface area (Å²) in [5, 5.41) is 5.06. The first-order valence-corrected chi connectivity index (χ1v) is 9.80. The topological polar surface area (TPSA) is 103 Å². The van der Waals surface area contributed by atoms with Crippen molar-refractivity contribution in [1.29, 1.82) is 0 Å². The molecule has 0 radical (unpaired) electrons. The fourth-order valence-electron chi connectivity index (χ4n) is 2.64. The predicted octanol–water partition coefficient (Wildman–Crippen LogP) is 3.22. The second-order valence-corrected chi connectivity index (χ2v) is 6.80. The summed E-state index contributed by atoms with van der Waals surface area (Å²) < 4.78 is 38.8. The number of aryl methyl sites for hydroxylation is 1. The third kappa shape index (κ3) is 8.24. The van der Waals surface area contributed by atoms with Crippen LogP contribution in [-0.4, -0.2) is 44.7 Å². The second kappa shape index (κ2) is 12.2. The Morgan fingerprint density at radius 1 is 1.06 bits per heavy atom. The molecule has 2 amide bonds. The Labute approximate surface area is 189 Å². The van der Waals surface area contributed by atoms with Crippen LogP contribution in [0.3, 0.4) is 0 Å². The number of benzene rings is 2. The molecule has 0 saturated carbocycles. The summed E-state index contributed by atoms with van der Waals surface area (Å²) in [7, 11) is 1.29. The van der Waals surface area contributed by atoms with E-state index >= 15 is 0 Å². The molecular formula is C23H24F2N2O6. The van der Waals surface area contributed by atoms with Crippen LogP contribution >= 0.6 is 0 Å². The fourth-order valence-corrected chi connectivity index (χ4v) is 2.64. The highest BCUT2D eigenvalue weighted by molar-refractivity contribution is 5.95. The van der Waals surface area contributed by atoms with Crippen molar-refractivity contribution in [2.24, 2.45) is 0 Å². The number of anilines is 1. The van der Waals surface area contributed by atoms with E-state index in [0.717, 1.165) is 17.2 Å². The first-order valence-electron chi connectivity index (χ1n) is 9.80. The Kier molecular flexibility index (Phi) is 9.34. The lowest BCUT2D eigenvalue weighted by atomic mass is 10.1. The monoisotopic (exact) mass is 462 g/mol. The maximum atomic E-state index is 12.4. The molecule has 0 bridgehead atoms. The maximum absolute atomic E-state index is 12.4. The number of hydrogen-bond acceptors (Lipinski definition) is 6. The number of hydrogen-bond donors (Lipinski definition) is 2. The third-order valence-electron chi connectivity index (χ3n) is 4.49. The number of carbonyl (C=O) groups is 3. The summed E-state index contributed by atoms with van der Waals surface area (Å²) >= 11 is 0. The maximum Gasteiger partial charge on any atom is 0.387 e. The minimum Gasteiger partial charge on any atom is -0.493 e. The smallest absolute Gasteiger partial charge is 0.387 e. The van der Waals surface area contributed by atoms with Gasteiger partial charge in [0.1, 0.15) is 0 Å². The lowest BCUT2D eigenvalue weighted by Crippen LogP contribution is -2.35. The van der Waals surface area contributed by atoms with Crippen molar-refractivity contribution in [2.45, 2.75) is 20.5 Å². The summed E-state index contributed by atoms with van der Waals surface area (Å²) in [6, 6.07) is 9.58. The Morgan fingerprint density at radius 2 is 1.82 bits per heavy atom. The van der Waals surface area contributed by atoms with Gasteiger partial charge in [0, 0.05) is 11.8 Å². The van der Waals surface area contributed by atoms with Crippen molar-refractivity contribution in [3.63, 3.8) is 0 Å². The standard InChI is InChI=1S/C23H24F2N2O6/c1-14-5-4-6-17(15(14)2)27-20(28)12-26-21(29)13-32-22(30)10-8-16-7-9-18(33-23(24)25)19(11-16)31-3/h4-11,23H,12-13H2,1-3H3,(H,26,29)(H,27,28). The molecule has 2 N–H and O–H groups in total. The highest BCUT2D eigenvalue weighted by Crippen LogP contribution is 2.29. The van der Waals surface area contributed by atoms with Gasteiger partial charge in [-0.15, -0.1) is 0 Å². The van der Waals surface area contributed by atoms with Crippen molar-refractivity contribution in [2.75, 3.05) is 25.6 Å². The van der Waals surface area contributed by atoms with E-state index in [0.29, 0.717) is 11.3 Å². The van der Waals surface area contributed by atoms with Crippen LogP contribution in [0.25, 0.3) is 6.08 Å². The van der Waals surface area contributed by atoms with Crippen LogP contribution in [0.2, 0.25) is 0 Å². The summed E-state index contributed by atoms with van der Waals surface area (Å²) in [6.45, 7) is -0.0723. The minimum absolute atomic E-state index is 0.0596. The highest BCUT2D eigenvalue weighted by Gasteiger charge is 2.12. The van der Waals surface area contributed by atoms with Gasteiger partial charge in [-0.1, -0.05) is 18.2 Å². The summed E-state index contributed by atoms with van der Waals surface area (Å²) in [4.78, 5) is 35.6. The lowest BCUT2D eigenvalue weighted by molar-refractivity contribution is -0.143. The van der Waals surface area contributed by atoms with Gasteiger partial charge < -0.3 is 24.8 Å². The molecule has 0 aliphatic heterocycles. The molecule has 8 nitrogen and oxygen atoms in total. The lowest BCUT2D eigenvalue weighted by Gasteiger charge is -2.11. The van der Waals surface area contributed by atoms with Gasteiger partial charge in [0.15, 0.2) is 18.1 Å². The Bertz CT molecular complexity index is 1040. The molecule has 0 unspecified atom stereocenters. The number of methoxy groups -OCH3 is 1. The molecule has 0 saturated heterocycles. The largest absolute Gasteiger partial charge is 0.493 e. The van der Waals surface area contributed by atoms with Crippen LogP contribution in [0.1, 0.15) is 16.7 Å². The van der Waals surface area contributed by atoms with Gasteiger partial charge in [0.05, 0.1) is 13.7 Å². The van der Waals surface area contributed by atoms with Crippen LogP contribution in [0.15, 0.2) is 42.5 Å². The minimum atomic E-state index is -3.00. The summed E-state index contributed by atoms with van der Waals surface area (Å²) in [6.07, 6.45) is 2.41. The quantitative estimate of drug-likeness (QED) is 0.415. The van der Waals surface area contributed by atoms with Crippen molar-refractivity contribution in [1.82, 2.24) is 5.32 Å². The SMILES string of the molecule is COc1cc(C=CC(=O)OCC(=O)NCC(=O)Nc2cccc(C)c2C)ccc1OC(F)F. The molecule has 0 aliphatic carbocycles. The molecule has 10 heteroatoms. The van der Waals surface area contributed by atoms with E-state index in [-0.39, 0.29) is 18.0 Å². The first-order chi connectivity index (χ1) is 15.7.